The van der Waals surface area contributed by atoms with Gasteiger partial charge in [0, 0.05) is 12.8 Å². The monoisotopic (exact) mass is 405 g/mol. The summed E-state index contributed by atoms with van der Waals surface area (Å²) in [5, 5.41) is 50.7. The summed E-state index contributed by atoms with van der Waals surface area (Å²) < 4.78 is 22.0. The fourth-order valence-electron chi connectivity index (χ4n) is 3.54. The highest BCUT2D eigenvalue weighted by Crippen LogP contribution is 2.33. The minimum atomic E-state index is -1.71. The van der Waals surface area contributed by atoms with E-state index in [4.69, 9.17) is 18.9 Å². The van der Waals surface area contributed by atoms with Gasteiger partial charge >= 0.3 is 0 Å². The van der Waals surface area contributed by atoms with Gasteiger partial charge in [0.25, 0.3) is 0 Å². The maximum atomic E-state index is 12.3. The summed E-state index contributed by atoms with van der Waals surface area (Å²) in [4.78, 5) is 16.4. The number of fused-ring (bicyclic) bond motifs is 1. The van der Waals surface area contributed by atoms with E-state index in [9.17, 15) is 30.3 Å². The smallest absolute Gasteiger partial charge is 0.227 e. The molecule has 3 rings (SSSR count). The van der Waals surface area contributed by atoms with Crippen LogP contribution in [0.25, 0.3) is 0 Å². The summed E-state index contributed by atoms with van der Waals surface area (Å²) in [7, 11) is 0. The van der Waals surface area contributed by atoms with E-state index in [1.54, 1.807) is 20.8 Å². The molecule has 0 aromatic heterocycles. The van der Waals surface area contributed by atoms with Crippen LogP contribution in [0.5, 0.6) is 0 Å². The Balaban J connectivity index is 1.78. The van der Waals surface area contributed by atoms with Crippen molar-refractivity contribution in [1.29, 1.82) is 0 Å². The Kier molecular flexibility index (Phi) is 6.37. The van der Waals surface area contributed by atoms with Gasteiger partial charge in [0.1, 0.15) is 48.8 Å². The molecule has 0 bridgehead atoms. The van der Waals surface area contributed by atoms with Gasteiger partial charge in [0.2, 0.25) is 6.29 Å². The molecule has 160 valence electrons. The number of aliphatic hydroxyl groups is 5. The van der Waals surface area contributed by atoms with Gasteiger partial charge in [-0.25, -0.2) is 4.99 Å². The summed E-state index contributed by atoms with van der Waals surface area (Å²) in [6, 6.07) is -0.808. The number of aliphatic imine (C=N–C) groups is 1. The van der Waals surface area contributed by atoms with Crippen molar-refractivity contribution >= 4 is 11.7 Å². The molecule has 0 aliphatic carbocycles. The number of carbonyl (C=O) groups is 1. The topological polar surface area (TPSA) is 168 Å². The molecule has 11 heteroatoms. The molecular formula is C17H27NO10. The molecule has 4 unspecified atom stereocenters. The summed E-state index contributed by atoms with van der Waals surface area (Å²) in [5.41, 5.74) is 0. The van der Waals surface area contributed by atoms with Gasteiger partial charge in [0.05, 0.1) is 6.61 Å². The molecule has 5 N–H and O–H groups in total. The Labute approximate surface area is 161 Å². The second kappa shape index (κ2) is 8.28. The Hall–Kier alpha value is -1.18. The molecule has 3 aliphatic heterocycles. The molecule has 0 radical (unpaired) electrons. The predicted octanol–water partition coefficient (Wildman–Crippen LogP) is -2.70. The Morgan fingerprint density at radius 3 is 2.39 bits per heavy atom. The van der Waals surface area contributed by atoms with E-state index in [2.05, 4.69) is 4.99 Å². The second-order valence-corrected chi connectivity index (χ2v) is 7.53. The van der Waals surface area contributed by atoms with E-state index in [0.29, 0.717) is 5.90 Å². The number of rotatable bonds is 5. The molecule has 0 saturated carbocycles. The zero-order valence-electron chi connectivity index (χ0n) is 15.8. The number of Topliss-reactive ketones (excluding diaryl/α,β-unsaturated/α-hetero) is 1. The van der Waals surface area contributed by atoms with Crippen LogP contribution in [0.2, 0.25) is 0 Å². The van der Waals surface area contributed by atoms with Crippen LogP contribution in [0, 0.1) is 5.92 Å². The third-order valence-corrected chi connectivity index (χ3v) is 5.15. The number of nitrogens with zero attached hydrogens (tertiary/aromatic N) is 1. The summed E-state index contributed by atoms with van der Waals surface area (Å²) >= 11 is 0. The van der Waals surface area contributed by atoms with Crippen LogP contribution in [0.3, 0.4) is 0 Å². The number of aliphatic hydroxyl groups excluding tert-OH is 5. The van der Waals surface area contributed by atoms with Crippen molar-refractivity contribution in [1.82, 2.24) is 0 Å². The quantitative estimate of drug-likeness (QED) is 0.325. The first-order chi connectivity index (χ1) is 13.1. The van der Waals surface area contributed by atoms with Gasteiger partial charge in [-0.1, -0.05) is 13.8 Å². The molecule has 2 saturated heterocycles. The molecule has 0 amide bonds. The second-order valence-electron chi connectivity index (χ2n) is 7.53. The maximum Gasteiger partial charge on any atom is 0.227 e. The van der Waals surface area contributed by atoms with E-state index < -0.39 is 79.7 Å². The standard InChI is InChI=1S/C17H27NO10/c1-5(2)9(20)15-12(23)11(22)13(24)17(28-15)27-14-7(4-19)26-16-8(10(14)21)18-6(3)25-16/h5,7-8,10-17,19,21-24H,4H2,1-3H3/t7?,8?,10-,11+,12+,13?,14-,15?,16+,17-/m1/s1. The molecule has 0 aromatic carbocycles. The number of hydrogen-bond acceptors (Lipinski definition) is 11. The normalized spacial score (nSPS) is 46.1. The van der Waals surface area contributed by atoms with E-state index in [1.807, 2.05) is 0 Å². The van der Waals surface area contributed by atoms with Crippen LogP contribution in [0.4, 0.5) is 0 Å². The van der Waals surface area contributed by atoms with Gasteiger partial charge in [0.15, 0.2) is 18.0 Å². The van der Waals surface area contributed by atoms with Crippen molar-refractivity contribution in [3.63, 3.8) is 0 Å². The first kappa shape index (κ1) is 21.5. The van der Waals surface area contributed by atoms with Crippen molar-refractivity contribution < 1.29 is 49.3 Å². The number of hydrogen-bond donors (Lipinski definition) is 5. The van der Waals surface area contributed by atoms with Gasteiger partial charge in [-0.3, -0.25) is 4.79 Å². The fraction of sp³-hybridized carbons (Fsp3) is 0.882. The minimum absolute atomic E-state index is 0.307. The third kappa shape index (κ3) is 3.81. The van der Waals surface area contributed by atoms with Gasteiger partial charge in [-0.15, -0.1) is 0 Å². The SMILES string of the molecule is CC1=NC2[C@@H](O1)OC(CO)[C@@H](O[C@@H]1OC(C(=O)C(C)C)[C@@H](O)[C@H](O)C1O)[C@@H]2O. The zero-order chi connectivity index (χ0) is 20.7. The molecule has 10 atom stereocenters. The minimum Gasteiger partial charge on any atom is -0.450 e. The average molecular weight is 405 g/mol. The predicted molar refractivity (Wildman–Crippen MR) is 91.1 cm³/mol. The van der Waals surface area contributed by atoms with E-state index in [1.165, 1.54) is 0 Å². The van der Waals surface area contributed by atoms with Crippen molar-refractivity contribution in [2.75, 3.05) is 6.61 Å². The lowest BCUT2D eigenvalue weighted by Gasteiger charge is -2.45. The lowest BCUT2D eigenvalue weighted by Crippen LogP contribution is -2.64. The lowest BCUT2D eigenvalue weighted by molar-refractivity contribution is -0.334. The maximum absolute atomic E-state index is 12.3. The van der Waals surface area contributed by atoms with Crippen LogP contribution >= 0.6 is 0 Å². The molecule has 2 fully saturated rings. The fourth-order valence-corrected chi connectivity index (χ4v) is 3.54. The van der Waals surface area contributed by atoms with Crippen LogP contribution in [0.1, 0.15) is 20.8 Å². The number of ether oxygens (including phenoxy) is 4. The molecule has 3 heterocycles. The molecule has 3 aliphatic rings. The van der Waals surface area contributed by atoms with Crippen molar-refractivity contribution in [3.8, 4) is 0 Å². The lowest BCUT2D eigenvalue weighted by atomic mass is 9.91. The number of ketones is 1. The van der Waals surface area contributed by atoms with Crippen molar-refractivity contribution in [2.45, 2.75) is 82.1 Å². The van der Waals surface area contributed by atoms with Gasteiger partial charge in [-0.2, -0.15) is 0 Å². The third-order valence-electron chi connectivity index (χ3n) is 5.15. The first-order valence-corrected chi connectivity index (χ1v) is 9.20. The van der Waals surface area contributed by atoms with E-state index in [0.717, 1.165) is 0 Å². The van der Waals surface area contributed by atoms with Crippen molar-refractivity contribution in [3.05, 3.63) is 0 Å². The largest absolute Gasteiger partial charge is 0.450 e. The average Bonchev–Trinajstić information content (AvgIpc) is 3.03. The van der Waals surface area contributed by atoms with E-state index >= 15 is 0 Å². The van der Waals surface area contributed by atoms with Gasteiger partial charge < -0.3 is 44.5 Å². The van der Waals surface area contributed by atoms with Crippen molar-refractivity contribution in [2.24, 2.45) is 10.9 Å². The molecule has 11 nitrogen and oxygen atoms in total. The molecular weight excluding hydrogens is 378 g/mol. The Morgan fingerprint density at radius 2 is 1.79 bits per heavy atom. The summed E-state index contributed by atoms with van der Waals surface area (Å²) in [6.45, 7) is 4.27. The number of carbonyl (C=O) groups excluding carboxylic acids is 1. The zero-order valence-corrected chi connectivity index (χ0v) is 15.8. The van der Waals surface area contributed by atoms with Gasteiger partial charge in [-0.05, 0) is 0 Å². The van der Waals surface area contributed by atoms with Crippen LogP contribution in [0.15, 0.2) is 4.99 Å². The molecule has 28 heavy (non-hydrogen) atoms. The highest BCUT2D eigenvalue weighted by molar-refractivity contribution is 5.85. The van der Waals surface area contributed by atoms with Crippen LogP contribution in [-0.2, 0) is 23.7 Å². The van der Waals surface area contributed by atoms with Crippen LogP contribution in [-0.4, -0.2) is 105 Å². The first-order valence-electron chi connectivity index (χ1n) is 9.20. The highest BCUT2D eigenvalue weighted by atomic mass is 16.7. The molecule has 0 aromatic rings. The Bertz CT molecular complexity index is 613. The Morgan fingerprint density at radius 1 is 1.11 bits per heavy atom. The summed E-state index contributed by atoms with van der Waals surface area (Å²) in [5.74, 6) is -0.664. The van der Waals surface area contributed by atoms with Crippen LogP contribution < -0.4 is 0 Å². The molecule has 0 spiro atoms. The van der Waals surface area contributed by atoms with E-state index in [-0.39, 0.29) is 0 Å². The summed E-state index contributed by atoms with van der Waals surface area (Å²) in [6.07, 6.45) is -12.4. The highest BCUT2D eigenvalue weighted by Gasteiger charge is 2.53.